The van der Waals surface area contributed by atoms with E-state index >= 15 is 0 Å². The fraction of sp³-hybridized carbons (Fsp3) is 0. The Morgan fingerprint density at radius 1 is 0.333 bits per heavy atom. The van der Waals surface area contributed by atoms with Crippen LogP contribution in [0.3, 0.4) is 0 Å². The summed E-state index contributed by atoms with van der Waals surface area (Å²) in [5.74, 6) is 1.86. The minimum atomic E-state index is 0.617. The van der Waals surface area contributed by atoms with Crippen LogP contribution in [0.2, 0.25) is 0 Å². The maximum Gasteiger partial charge on any atom is 0.164 e. The van der Waals surface area contributed by atoms with Crippen molar-refractivity contribution in [3.05, 3.63) is 212 Å². The molecule has 12 aromatic rings. The summed E-state index contributed by atoms with van der Waals surface area (Å²) in [6, 6.07) is 75.4. The molecule has 0 unspecified atom stereocenters. The molecule has 9 aromatic carbocycles. The molecular weight excluding hydrogens is 787 g/mol. The maximum absolute atomic E-state index is 5.37. The fourth-order valence-corrected chi connectivity index (χ4v) is 10.6. The summed E-state index contributed by atoms with van der Waals surface area (Å²) in [7, 11) is 0. The van der Waals surface area contributed by atoms with Gasteiger partial charge in [0.05, 0.1) is 22.4 Å². The molecule has 0 fully saturated rings. The van der Waals surface area contributed by atoms with Gasteiger partial charge in [0.15, 0.2) is 17.5 Å². The molecule has 0 atom stereocenters. The van der Waals surface area contributed by atoms with Crippen molar-refractivity contribution >= 4 is 55.4 Å². The largest absolute Gasteiger partial charge is 0.294 e. The molecule has 1 aliphatic rings. The van der Waals surface area contributed by atoms with Crippen LogP contribution in [-0.2, 0) is 0 Å². The van der Waals surface area contributed by atoms with Crippen molar-refractivity contribution < 1.29 is 0 Å². The highest BCUT2D eigenvalue weighted by Crippen LogP contribution is 2.50. The van der Waals surface area contributed by atoms with Gasteiger partial charge in [0.1, 0.15) is 5.65 Å². The summed E-state index contributed by atoms with van der Waals surface area (Å²) in [4.78, 5) is 18.4. The first-order valence-electron chi connectivity index (χ1n) is 21.2. The van der Waals surface area contributed by atoms with E-state index in [1.165, 1.54) is 37.2 Å². The number of hydrogen-bond acceptors (Lipinski definition) is 4. The minimum Gasteiger partial charge on any atom is -0.294 e. The zero-order valence-electron chi connectivity index (χ0n) is 33.9. The maximum atomic E-state index is 5.37. The molecular formula is C57H35N5S. The number of nitrogens with zero attached hydrogens (tertiary/aromatic N) is 5. The number of rotatable bonds is 6. The fourth-order valence-electron chi connectivity index (χ4n) is 9.55. The van der Waals surface area contributed by atoms with E-state index in [0.717, 1.165) is 66.6 Å². The Balaban J connectivity index is 1.06. The van der Waals surface area contributed by atoms with E-state index in [1.807, 2.05) is 30.0 Å². The van der Waals surface area contributed by atoms with Gasteiger partial charge >= 0.3 is 0 Å². The van der Waals surface area contributed by atoms with E-state index < -0.39 is 0 Å². The highest BCUT2D eigenvalue weighted by Gasteiger charge is 2.28. The molecule has 0 N–H and O–H groups in total. The smallest absolute Gasteiger partial charge is 0.164 e. The Morgan fingerprint density at radius 3 is 1.62 bits per heavy atom. The van der Waals surface area contributed by atoms with Crippen molar-refractivity contribution in [2.45, 2.75) is 9.79 Å². The SMILES string of the molecule is c1ccc(-c2cc(-c3ccccc3)cc(-c3nc(-c4ccccc4)nc(-c4cccc5c(-n6c7ccccc7c7c8cccc9c8n(c76)-c6ccccc6S9)cccc45)n3)c2)cc1. The lowest BCUT2D eigenvalue weighted by atomic mass is 9.95. The standard InChI is InChI=1S/C57H35N5S/c1-4-17-36(18-5-1)39-33-40(37-19-6-2-7-20-37)35-41(34-39)55-58-54(38-21-8-3-9-22-38)59-56(60-55)44-26-14-25-43-42(44)24-15-30-47(43)61-48-28-11-10-23-45(48)52-46-27-16-32-51-53(46)62(57(52)61)49-29-12-13-31-50(49)63-51/h1-35H. The molecule has 5 nitrogen and oxygen atoms in total. The molecule has 0 saturated heterocycles. The average molecular weight is 822 g/mol. The Morgan fingerprint density at radius 2 is 0.857 bits per heavy atom. The quantitative estimate of drug-likeness (QED) is 0.168. The molecule has 0 amide bonds. The van der Waals surface area contributed by atoms with Crippen LogP contribution in [0.1, 0.15) is 0 Å². The number of fused-ring (bicyclic) bond motifs is 8. The summed E-state index contributed by atoms with van der Waals surface area (Å²) in [5, 5.41) is 5.92. The second-order valence-corrected chi connectivity index (χ2v) is 17.1. The monoisotopic (exact) mass is 821 g/mol. The van der Waals surface area contributed by atoms with Gasteiger partial charge < -0.3 is 0 Å². The van der Waals surface area contributed by atoms with Gasteiger partial charge in [0, 0.05) is 48.0 Å². The highest BCUT2D eigenvalue weighted by molar-refractivity contribution is 7.99. The van der Waals surface area contributed by atoms with Crippen molar-refractivity contribution in [1.82, 2.24) is 24.1 Å². The number of aromatic nitrogens is 5. The lowest BCUT2D eigenvalue weighted by Gasteiger charge is -2.21. The Bertz CT molecular complexity index is 3700. The van der Waals surface area contributed by atoms with E-state index in [2.05, 4.69) is 203 Å². The molecule has 0 bridgehead atoms. The second-order valence-electron chi connectivity index (χ2n) is 16.0. The lowest BCUT2D eigenvalue weighted by molar-refractivity contribution is 1.03. The van der Waals surface area contributed by atoms with Gasteiger partial charge in [-0.25, -0.2) is 15.0 Å². The molecule has 0 spiro atoms. The van der Waals surface area contributed by atoms with E-state index in [0.29, 0.717) is 17.5 Å². The minimum absolute atomic E-state index is 0.617. The van der Waals surface area contributed by atoms with Crippen LogP contribution >= 0.6 is 11.8 Å². The van der Waals surface area contributed by atoms with E-state index in [4.69, 9.17) is 15.0 Å². The van der Waals surface area contributed by atoms with E-state index in [1.54, 1.807) is 0 Å². The van der Waals surface area contributed by atoms with Gasteiger partial charge in [0.25, 0.3) is 0 Å². The zero-order valence-corrected chi connectivity index (χ0v) is 34.7. The van der Waals surface area contributed by atoms with Gasteiger partial charge in [-0.05, 0) is 76.2 Å². The van der Waals surface area contributed by atoms with Gasteiger partial charge in [-0.1, -0.05) is 176 Å². The Hall–Kier alpha value is -8.06. The van der Waals surface area contributed by atoms with E-state index in [-0.39, 0.29) is 0 Å². The van der Waals surface area contributed by atoms with E-state index in [9.17, 15) is 0 Å². The van der Waals surface area contributed by atoms with Crippen LogP contribution < -0.4 is 0 Å². The highest BCUT2D eigenvalue weighted by atomic mass is 32.2. The molecule has 0 radical (unpaired) electrons. The normalized spacial score (nSPS) is 12.1. The van der Waals surface area contributed by atoms with Crippen molar-refractivity contribution in [3.8, 4) is 67.8 Å². The van der Waals surface area contributed by atoms with Crippen molar-refractivity contribution in [2.75, 3.05) is 0 Å². The molecule has 0 saturated carbocycles. The lowest BCUT2D eigenvalue weighted by Crippen LogP contribution is -2.06. The van der Waals surface area contributed by atoms with Crippen LogP contribution in [0.5, 0.6) is 0 Å². The van der Waals surface area contributed by atoms with Crippen molar-refractivity contribution in [1.29, 1.82) is 0 Å². The molecule has 1 aliphatic heterocycles. The first kappa shape index (κ1) is 35.7. The van der Waals surface area contributed by atoms with Crippen molar-refractivity contribution in [2.24, 2.45) is 0 Å². The number of para-hydroxylation sites is 3. The van der Waals surface area contributed by atoms with Crippen LogP contribution in [0.25, 0.3) is 111 Å². The molecule has 13 rings (SSSR count). The van der Waals surface area contributed by atoms with Crippen molar-refractivity contribution in [3.63, 3.8) is 0 Å². The molecule has 4 heterocycles. The number of hydrogen-bond donors (Lipinski definition) is 0. The van der Waals surface area contributed by atoms with Crippen LogP contribution in [0, 0.1) is 0 Å². The van der Waals surface area contributed by atoms with Crippen LogP contribution in [0.15, 0.2) is 222 Å². The first-order chi connectivity index (χ1) is 31.2. The molecule has 6 heteroatoms. The molecule has 294 valence electrons. The number of benzene rings is 9. The second kappa shape index (κ2) is 14.3. The topological polar surface area (TPSA) is 48.5 Å². The predicted octanol–water partition coefficient (Wildman–Crippen LogP) is 14.9. The summed E-state index contributed by atoms with van der Waals surface area (Å²) in [6.07, 6.45) is 0. The zero-order chi connectivity index (χ0) is 41.4. The third-order valence-corrected chi connectivity index (χ3v) is 13.4. The summed E-state index contributed by atoms with van der Waals surface area (Å²) in [5.41, 5.74) is 13.1. The van der Waals surface area contributed by atoms with Gasteiger partial charge in [0.2, 0.25) is 0 Å². The third kappa shape index (κ3) is 5.69. The van der Waals surface area contributed by atoms with Gasteiger partial charge in [-0.3, -0.25) is 9.13 Å². The molecule has 0 aliphatic carbocycles. The molecule has 63 heavy (non-hydrogen) atoms. The average Bonchev–Trinajstić information content (AvgIpc) is 3.88. The van der Waals surface area contributed by atoms with Crippen LogP contribution in [0.4, 0.5) is 0 Å². The Kier molecular flexibility index (Phi) is 8.08. The summed E-state index contributed by atoms with van der Waals surface area (Å²) < 4.78 is 4.97. The first-order valence-corrected chi connectivity index (χ1v) is 22.0. The van der Waals surface area contributed by atoms with Gasteiger partial charge in [-0.15, -0.1) is 0 Å². The van der Waals surface area contributed by atoms with Crippen LogP contribution in [-0.4, -0.2) is 24.1 Å². The predicted molar refractivity (Wildman–Crippen MR) is 260 cm³/mol. The summed E-state index contributed by atoms with van der Waals surface area (Å²) in [6.45, 7) is 0. The molecule has 3 aromatic heterocycles. The third-order valence-electron chi connectivity index (χ3n) is 12.3. The van der Waals surface area contributed by atoms with Gasteiger partial charge in [-0.2, -0.15) is 0 Å². The Labute approximate surface area is 367 Å². The summed E-state index contributed by atoms with van der Waals surface area (Å²) >= 11 is 1.85.